The summed E-state index contributed by atoms with van der Waals surface area (Å²) in [4.78, 5) is 39.6. The minimum absolute atomic E-state index is 0.110. The van der Waals surface area contributed by atoms with Crippen molar-refractivity contribution in [1.82, 2.24) is 4.90 Å². The van der Waals surface area contributed by atoms with E-state index in [-0.39, 0.29) is 28.9 Å². The van der Waals surface area contributed by atoms with Gasteiger partial charge in [-0.3, -0.25) is 19.3 Å². The average Bonchev–Trinajstić information content (AvgIpc) is 2.84. The van der Waals surface area contributed by atoms with Gasteiger partial charge in [0.25, 0.3) is 0 Å². The van der Waals surface area contributed by atoms with Crippen LogP contribution < -0.4 is 0 Å². The topological polar surface area (TPSA) is 54.5 Å². The van der Waals surface area contributed by atoms with Gasteiger partial charge in [0.2, 0.25) is 11.8 Å². The number of hydrogen-bond donors (Lipinski definition) is 0. The quantitative estimate of drug-likeness (QED) is 0.636. The number of imide groups is 1. The van der Waals surface area contributed by atoms with Crippen molar-refractivity contribution in [3.63, 3.8) is 0 Å². The van der Waals surface area contributed by atoms with Gasteiger partial charge in [-0.25, -0.2) is 0 Å². The molecule has 122 valence electrons. The van der Waals surface area contributed by atoms with Crippen molar-refractivity contribution in [2.75, 3.05) is 0 Å². The summed E-state index contributed by atoms with van der Waals surface area (Å²) in [6, 6.07) is 8.79. The van der Waals surface area contributed by atoms with Gasteiger partial charge >= 0.3 is 0 Å². The van der Waals surface area contributed by atoms with E-state index in [4.69, 9.17) is 0 Å². The monoisotopic (exact) mass is 313 g/mol. The van der Waals surface area contributed by atoms with E-state index in [1.165, 1.54) is 4.90 Å². The minimum atomic E-state index is -0.840. The molecule has 2 aliphatic rings. The summed E-state index contributed by atoms with van der Waals surface area (Å²) < 4.78 is 0. The average molecular weight is 313 g/mol. The number of likely N-dealkylation sites (tertiary alicyclic amines) is 1. The first-order valence-electron chi connectivity index (χ1n) is 8.19. The van der Waals surface area contributed by atoms with Crippen molar-refractivity contribution in [3.05, 3.63) is 35.9 Å². The van der Waals surface area contributed by atoms with Crippen molar-refractivity contribution in [1.29, 1.82) is 0 Å². The number of piperidine rings is 1. The van der Waals surface area contributed by atoms with Crippen LogP contribution in [0.15, 0.2) is 30.3 Å². The Hall–Kier alpha value is -1.97. The number of carbonyl (C=O) groups is 3. The van der Waals surface area contributed by atoms with Crippen LogP contribution in [0.3, 0.4) is 0 Å². The van der Waals surface area contributed by atoms with Crippen LogP contribution in [0.25, 0.3) is 0 Å². The number of ketones is 1. The fourth-order valence-electron chi connectivity index (χ4n) is 4.22. The first-order chi connectivity index (χ1) is 10.7. The summed E-state index contributed by atoms with van der Waals surface area (Å²) in [5.41, 5.74) is -0.221. The lowest BCUT2D eigenvalue weighted by atomic mass is 9.74. The van der Waals surface area contributed by atoms with Crippen LogP contribution in [-0.4, -0.2) is 28.0 Å². The smallest absolute Gasteiger partial charge is 0.240 e. The molecule has 0 aromatic heterocycles. The molecule has 2 fully saturated rings. The molecule has 0 unspecified atom stereocenters. The fraction of sp³-hybridized carbons (Fsp3) is 0.526. The molecule has 1 heterocycles. The van der Waals surface area contributed by atoms with Gasteiger partial charge in [-0.1, -0.05) is 44.2 Å². The first-order valence-corrected chi connectivity index (χ1v) is 8.19. The molecule has 1 saturated carbocycles. The third-order valence-corrected chi connectivity index (χ3v) is 6.23. The van der Waals surface area contributed by atoms with Crippen molar-refractivity contribution in [3.8, 4) is 0 Å². The zero-order chi connectivity index (χ0) is 17.0. The zero-order valence-corrected chi connectivity index (χ0v) is 14.1. The van der Waals surface area contributed by atoms with Crippen LogP contribution in [0.4, 0.5) is 0 Å². The van der Waals surface area contributed by atoms with Crippen molar-refractivity contribution >= 4 is 17.6 Å². The van der Waals surface area contributed by atoms with Crippen LogP contribution >= 0.6 is 0 Å². The highest BCUT2D eigenvalue weighted by atomic mass is 16.2. The number of fused-ring (bicyclic) bond motifs is 2. The molecule has 2 bridgehead atoms. The van der Waals surface area contributed by atoms with Crippen LogP contribution in [0, 0.1) is 17.3 Å². The molecule has 1 saturated heterocycles. The molecule has 4 nitrogen and oxygen atoms in total. The third-order valence-electron chi connectivity index (χ3n) is 6.23. The van der Waals surface area contributed by atoms with Gasteiger partial charge in [0.1, 0.15) is 0 Å². The molecule has 2 amide bonds. The van der Waals surface area contributed by atoms with E-state index in [1.807, 2.05) is 13.0 Å². The maximum Gasteiger partial charge on any atom is 0.240 e. The van der Waals surface area contributed by atoms with E-state index in [1.54, 1.807) is 31.2 Å². The molecular weight excluding hydrogens is 290 g/mol. The normalized spacial score (nSPS) is 29.7. The molecule has 1 aromatic rings. The highest BCUT2D eigenvalue weighted by Gasteiger charge is 2.67. The van der Waals surface area contributed by atoms with Crippen LogP contribution in [0.1, 0.15) is 50.9 Å². The van der Waals surface area contributed by atoms with E-state index in [0.29, 0.717) is 5.56 Å². The Morgan fingerprint density at radius 1 is 1.17 bits per heavy atom. The summed E-state index contributed by atoms with van der Waals surface area (Å²) in [6.07, 6.45) is 1.64. The van der Waals surface area contributed by atoms with E-state index in [9.17, 15) is 14.4 Å². The van der Waals surface area contributed by atoms with Gasteiger partial charge in [-0.05, 0) is 32.1 Å². The van der Waals surface area contributed by atoms with Gasteiger partial charge in [0, 0.05) is 11.5 Å². The third kappa shape index (κ3) is 2.00. The fourth-order valence-corrected chi connectivity index (χ4v) is 4.22. The second-order valence-electron chi connectivity index (χ2n) is 7.55. The summed E-state index contributed by atoms with van der Waals surface area (Å²) in [5, 5.41) is 0. The standard InChI is InChI=1S/C19H23NO3/c1-12(15(21)13-8-6-5-7-9-13)16(22)20-17(23)14-10-11-19(20,4)18(14,2)3/h5-9,12,14H,10-11H2,1-4H3/t12-,14+,19+/m0/s1. The van der Waals surface area contributed by atoms with Crippen LogP contribution in [0.2, 0.25) is 0 Å². The summed E-state index contributed by atoms with van der Waals surface area (Å²) in [5.74, 6) is -1.65. The Balaban J connectivity index is 1.89. The Morgan fingerprint density at radius 2 is 1.78 bits per heavy atom. The highest BCUT2D eigenvalue weighted by Crippen LogP contribution is 2.59. The van der Waals surface area contributed by atoms with Gasteiger partial charge in [0.15, 0.2) is 5.78 Å². The van der Waals surface area contributed by atoms with Gasteiger partial charge in [-0.2, -0.15) is 0 Å². The maximum atomic E-state index is 12.9. The Kier molecular flexibility index (Phi) is 3.47. The minimum Gasteiger partial charge on any atom is -0.293 e. The first kappa shape index (κ1) is 15.9. The molecular formula is C19H23NO3. The Morgan fingerprint density at radius 3 is 2.30 bits per heavy atom. The van der Waals surface area contributed by atoms with Crippen LogP contribution in [0.5, 0.6) is 0 Å². The number of rotatable bonds is 3. The van der Waals surface area contributed by atoms with Crippen molar-refractivity contribution in [2.45, 2.75) is 46.1 Å². The lowest BCUT2D eigenvalue weighted by Gasteiger charge is -2.40. The number of amides is 2. The second-order valence-corrected chi connectivity index (χ2v) is 7.55. The van der Waals surface area contributed by atoms with E-state index in [2.05, 4.69) is 13.8 Å². The van der Waals surface area contributed by atoms with E-state index in [0.717, 1.165) is 12.8 Å². The molecule has 1 aliphatic heterocycles. The molecule has 1 aliphatic carbocycles. The highest BCUT2D eigenvalue weighted by molar-refractivity contribution is 6.14. The SMILES string of the molecule is C[C@@H](C(=O)c1ccccc1)C(=O)N1C(=O)[C@H]2CC[C@]1(C)C2(C)C. The van der Waals surface area contributed by atoms with Gasteiger partial charge < -0.3 is 0 Å². The van der Waals surface area contributed by atoms with Gasteiger partial charge in [0.05, 0.1) is 11.5 Å². The Bertz CT molecular complexity index is 679. The zero-order valence-electron chi connectivity index (χ0n) is 14.1. The lowest BCUT2D eigenvalue weighted by Crippen LogP contribution is -2.54. The predicted octanol–water partition coefficient (Wildman–Crippen LogP) is 3.07. The van der Waals surface area contributed by atoms with Crippen LogP contribution in [-0.2, 0) is 9.59 Å². The summed E-state index contributed by atoms with van der Waals surface area (Å²) >= 11 is 0. The number of hydrogen-bond acceptors (Lipinski definition) is 3. The molecule has 4 heteroatoms. The predicted molar refractivity (Wildman–Crippen MR) is 86.7 cm³/mol. The van der Waals surface area contributed by atoms with Crippen molar-refractivity contribution in [2.24, 2.45) is 17.3 Å². The number of benzene rings is 1. The maximum absolute atomic E-state index is 12.9. The molecule has 0 spiro atoms. The number of carbonyl (C=O) groups excluding carboxylic acids is 3. The summed E-state index contributed by atoms with van der Waals surface area (Å²) in [6.45, 7) is 7.70. The van der Waals surface area contributed by atoms with E-state index >= 15 is 0 Å². The Labute approximate surface area is 136 Å². The largest absolute Gasteiger partial charge is 0.293 e. The molecule has 1 aromatic carbocycles. The van der Waals surface area contributed by atoms with Crippen molar-refractivity contribution < 1.29 is 14.4 Å². The lowest BCUT2D eigenvalue weighted by molar-refractivity contribution is -0.152. The molecule has 0 radical (unpaired) electrons. The van der Waals surface area contributed by atoms with E-state index < -0.39 is 11.5 Å². The molecule has 3 rings (SSSR count). The molecule has 23 heavy (non-hydrogen) atoms. The second kappa shape index (κ2) is 5.02. The number of nitrogens with zero attached hydrogens (tertiary/aromatic N) is 1. The van der Waals surface area contributed by atoms with Gasteiger partial charge in [-0.15, -0.1) is 0 Å². The summed E-state index contributed by atoms with van der Waals surface area (Å²) in [7, 11) is 0. The molecule has 3 atom stereocenters. The molecule has 0 N–H and O–H groups in total. The number of Topliss-reactive ketones (excluding diaryl/α,β-unsaturated/α-hetero) is 1.